The molecule has 16 heavy (non-hydrogen) atoms. The number of anilines is 2. The molecule has 1 aromatic rings. The highest BCUT2D eigenvalue weighted by atomic mass is 15.0. The van der Waals surface area contributed by atoms with Gasteiger partial charge in [0.2, 0.25) is 0 Å². The van der Waals surface area contributed by atoms with Crippen molar-refractivity contribution in [1.29, 1.82) is 0 Å². The Morgan fingerprint density at radius 1 is 1.19 bits per heavy atom. The number of nitrogen functional groups attached to an aromatic ring is 1. The molecular formula is C14H22N2. The highest BCUT2D eigenvalue weighted by Crippen LogP contribution is 2.33. The third kappa shape index (κ3) is 2.49. The van der Waals surface area contributed by atoms with E-state index in [4.69, 9.17) is 5.73 Å². The highest BCUT2D eigenvalue weighted by molar-refractivity contribution is 5.67. The minimum atomic E-state index is 0.238. The Kier molecular flexibility index (Phi) is 3.08. The van der Waals surface area contributed by atoms with Gasteiger partial charge in [0.1, 0.15) is 0 Å². The molecule has 88 valence electrons. The first kappa shape index (κ1) is 11.3. The molecule has 1 aliphatic rings. The van der Waals surface area contributed by atoms with Crippen molar-refractivity contribution in [3.63, 3.8) is 0 Å². The van der Waals surface area contributed by atoms with Gasteiger partial charge in [0.25, 0.3) is 0 Å². The van der Waals surface area contributed by atoms with Crippen molar-refractivity contribution in [2.75, 3.05) is 11.1 Å². The molecule has 2 nitrogen and oxygen atoms in total. The van der Waals surface area contributed by atoms with E-state index < -0.39 is 0 Å². The van der Waals surface area contributed by atoms with Gasteiger partial charge in [-0.05, 0) is 44.4 Å². The fourth-order valence-electron chi connectivity index (χ4n) is 2.58. The van der Waals surface area contributed by atoms with E-state index in [0.29, 0.717) is 0 Å². The molecule has 0 amide bonds. The number of nitrogens with one attached hydrogen (secondary N) is 1. The van der Waals surface area contributed by atoms with Crippen LogP contribution in [0.1, 0.15) is 44.6 Å². The zero-order valence-electron chi connectivity index (χ0n) is 10.3. The Balaban J connectivity index is 2.13. The molecule has 3 N–H and O–H groups in total. The number of benzene rings is 1. The van der Waals surface area contributed by atoms with Gasteiger partial charge in [0.05, 0.1) is 11.4 Å². The molecule has 0 aliphatic heterocycles. The lowest BCUT2D eigenvalue weighted by molar-refractivity contribution is 0.349. The number of aryl methyl sites for hydroxylation is 1. The van der Waals surface area contributed by atoms with Crippen LogP contribution in [0.5, 0.6) is 0 Å². The van der Waals surface area contributed by atoms with E-state index in [0.717, 1.165) is 11.4 Å². The maximum atomic E-state index is 6.03. The summed E-state index contributed by atoms with van der Waals surface area (Å²) in [5.74, 6) is 0. The normalized spacial score (nSPS) is 19.4. The summed E-state index contributed by atoms with van der Waals surface area (Å²) in [6, 6.07) is 6.25. The monoisotopic (exact) mass is 218 g/mol. The molecule has 1 saturated carbocycles. The van der Waals surface area contributed by atoms with Crippen molar-refractivity contribution in [1.82, 2.24) is 0 Å². The number of hydrogen-bond acceptors (Lipinski definition) is 2. The number of nitrogens with two attached hydrogens (primary N) is 1. The maximum absolute atomic E-state index is 6.03. The first-order valence-electron chi connectivity index (χ1n) is 6.23. The van der Waals surface area contributed by atoms with Gasteiger partial charge in [-0.2, -0.15) is 0 Å². The second kappa shape index (κ2) is 4.36. The topological polar surface area (TPSA) is 38.0 Å². The minimum Gasteiger partial charge on any atom is -0.397 e. The fraction of sp³-hybridized carbons (Fsp3) is 0.571. The summed E-state index contributed by atoms with van der Waals surface area (Å²) in [6.45, 7) is 4.38. The summed E-state index contributed by atoms with van der Waals surface area (Å²) in [7, 11) is 0. The van der Waals surface area contributed by atoms with Crippen LogP contribution in [0, 0.1) is 6.92 Å². The van der Waals surface area contributed by atoms with Crippen LogP contribution < -0.4 is 11.1 Å². The molecule has 0 aromatic heterocycles. The van der Waals surface area contributed by atoms with Crippen LogP contribution in [0.25, 0.3) is 0 Å². The van der Waals surface area contributed by atoms with E-state index >= 15 is 0 Å². The van der Waals surface area contributed by atoms with E-state index in [-0.39, 0.29) is 5.54 Å². The third-order valence-corrected chi connectivity index (χ3v) is 3.60. The summed E-state index contributed by atoms with van der Waals surface area (Å²) in [5, 5.41) is 3.63. The molecule has 1 aliphatic carbocycles. The van der Waals surface area contributed by atoms with E-state index in [2.05, 4.69) is 31.3 Å². The van der Waals surface area contributed by atoms with Gasteiger partial charge in [-0.3, -0.25) is 0 Å². The molecule has 0 radical (unpaired) electrons. The lowest BCUT2D eigenvalue weighted by Gasteiger charge is -2.36. The van der Waals surface area contributed by atoms with Gasteiger partial charge in [-0.15, -0.1) is 0 Å². The van der Waals surface area contributed by atoms with Gasteiger partial charge in [0, 0.05) is 5.54 Å². The van der Waals surface area contributed by atoms with Crippen LogP contribution in [0.4, 0.5) is 11.4 Å². The van der Waals surface area contributed by atoms with Crippen molar-refractivity contribution in [3.05, 3.63) is 23.8 Å². The zero-order chi connectivity index (χ0) is 11.6. The van der Waals surface area contributed by atoms with Crippen molar-refractivity contribution < 1.29 is 0 Å². The Labute approximate surface area is 98.2 Å². The second-order valence-electron chi connectivity index (χ2n) is 5.34. The third-order valence-electron chi connectivity index (χ3n) is 3.60. The summed E-state index contributed by atoms with van der Waals surface area (Å²) >= 11 is 0. The molecule has 2 heteroatoms. The summed E-state index contributed by atoms with van der Waals surface area (Å²) in [6.07, 6.45) is 6.53. The lowest BCUT2D eigenvalue weighted by Crippen LogP contribution is -2.36. The van der Waals surface area contributed by atoms with Crippen LogP contribution in [0.3, 0.4) is 0 Å². The van der Waals surface area contributed by atoms with Gasteiger partial charge in [0.15, 0.2) is 0 Å². The Morgan fingerprint density at radius 2 is 1.88 bits per heavy atom. The molecule has 0 unspecified atom stereocenters. The SMILES string of the molecule is Cc1ccc(NC2(C)CCCCC2)c(N)c1. The van der Waals surface area contributed by atoms with Gasteiger partial charge in [-0.1, -0.05) is 25.3 Å². The second-order valence-corrected chi connectivity index (χ2v) is 5.34. The zero-order valence-corrected chi connectivity index (χ0v) is 10.3. The number of hydrogen-bond donors (Lipinski definition) is 2. The van der Waals surface area contributed by atoms with Gasteiger partial charge >= 0.3 is 0 Å². The molecule has 0 heterocycles. The van der Waals surface area contributed by atoms with Crippen molar-refractivity contribution in [3.8, 4) is 0 Å². The maximum Gasteiger partial charge on any atom is 0.0578 e. The molecule has 0 spiro atoms. The van der Waals surface area contributed by atoms with Crippen molar-refractivity contribution in [2.24, 2.45) is 0 Å². The van der Waals surface area contributed by atoms with Crippen LogP contribution in [-0.4, -0.2) is 5.54 Å². The fourth-order valence-corrected chi connectivity index (χ4v) is 2.58. The van der Waals surface area contributed by atoms with Crippen LogP contribution in [-0.2, 0) is 0 Å². The predicted molar refractivity (Wildman–Crippen MR) is 70.7 cm³/mol. The largest absolute Gasteiger partial charge is 0.397 e. The summed E-state index contributed by atoms with van der Waals surface area (Å²) in [4.78, 5) is 0. The Morgan fingerprint density at radius 3 is 2.50 bits per heavy atom. The van der Waals surface area contributed by atoms with Crippen molar-refractivity contribution in [2.45, 2.75) is 51.5 Å². The average molecular weight is 218 g/mol. The average Bonchev–Trinajstić information content (AvgIpc) is 2.23. The lowest BCUT2D eigenvalue weighted by atomic mass is 9.83. The quantitative estimate of drug-likeness (QED) is 0.743. The van der Waals surface area contributed by atoms with Crippen LogP contribution in [0.15, 0.2) is 18.2 Å². The standard InChI is InChI=1S/C14H22N2/c1-11-6-7-13(12(15)10-11)16-14(2)8-4-3-5-9-14/h6-7,10,16H,3-5,8-9,15H2,1-2H3. The molecule has 2 rings (SSSR count). The number of rotatable bonds is 2. The molecule has 1 fully saturated rings. The summed E-state index contributed by atoms with van der Waals surface area (Å²) in [5.41, 5.74) is 9.45. The smallest absolute Gasteiger partial charge is 0.0578 e. The van der Waals surface area contributed by atoms with E-state index in [1.54, 1.807) is 0 Å². The molecule has 0 atom stereocenters. The van der Waals surface area contributed by atoms with Gasteiger partial charge in [-0.25, -0.2) is 0 Å². The minimum absolute atomic E-state index is 0.238. The molecular weight excluding hydrogens is 196 g/mol. The first-order valence-corrected chi connectivity index (χ1v) is 6.23. The van der Waals surface area contributed by atoms with E-state index in [1.807, 2.05) is 6.07 Å². The molecule has 1 aromatic carbocycles. The van der Waals surface area contributed by atoms with E-state index in [1.165, 1.54) is 37.7 Å². The molecule has 0 saturated heterocycles. The first-order chi connectivity index (χ1) is 7.59. The van der Waals surface area contributed by atoms with E-state index in [9.17, 15) is 0 Å². The molecule has 0 bridgehead atoms. The van der Waals surface area contributed by atoms with Crippen molar-refractivity contribution >= 4 is 11.4 Å². The summed E-state index contributed by atoms with van der Waals surface area (Å²) < 4.78 is 0. The van der Waals surface area contributed by atoms with Crippen LogP contribution in [0.2, 0.25) is 0 Å². The van der Waals surface area contributed by atoms with Gasteiger partial charge < -0.3 is 11.1 Å². The Bertz CT molecular complexity index is 365. The highest BCUT2D eigenvalue weighted by Gasteiger charge is 2.26. The predicted octanol–water partition coefficient (Wildman–Crippen LogP) is 3.71. The van der Waals surface area contributed by atoms with Crippen LogP contribution >= 0.6 is 0 Å². The Hall–Kier alpha value is -1.18.